The van der Waals surface area contributed by atoms with Gasteiger partial charge in [-0.05, 0) is 17.7 Å². The molecule has 0 aliphatic rings. The van der Waals surface area contributed by atoms with Gasteiger partial charge in [-0.3, -0.25) is 4.79 Å². The molecule has 1 aromatic carbocycles. The number of halogens is 1. The van der Waals surface area contributed by atoms with E-state index < -0.39 is 6.10 Å². The Morgan fingerprint density at radius 3 is 2.70 bits per heavy atom. The number of nitrogens with one attached hydrogen (secondary N) is 1. The van der Waals surface area contributed by atoms with Crippen LogP contribution in [-0.2, 0) is 11.3 Å². The molecule has 0 bridgehead atoms. The number of imidazole rings is 1. The lowest BCUT2D eigenvalue weighted by Crippen LogP contribution is -2.29. The van der Waals surface area contributed by atoms with Crippen molar-refractivity contribution in [2.24, 2.45) is 0 Å². The predicted octanol–water partition coefficient (Wildman–Crippen LogP) is 2.39. The molecule has 1 atom stereocenters. The van der Waals surface area contributed by atoms with Crippen LogP contribution in [0.1, 0.15) is 43.7 Å². The van der Waals surface area contributed by atoms with Crippen LogP contribution in [0, 0.1) is 5.82 Å². The molecule has 0 saturated heterocycles. The van der Waals surface area contributed by atoms with Crippen LogP contribution < -0.4 is 5.32 Å². The molecule has 6 heteroatoms. The van der Waals surface area contributed by atoms with Gasteiger partial charge in [0, 0.05) is 37.8 Å². The number of nitrogens with zero attached hydrogens (tertiary/aromatic N) is 2. The minimum Gasteiger partial charge on any atom is -0.387 e. The van der Waals surface area contributed by atoms with E-state index in [1.807, 2.05) is 10.8 Å². The molecule has 0 saturated carbocycles. The molecule has 5 nitrogen and oxygen atoms in total. The zero-order valence-corrected chi connectivity index (χ0v) is 13.4. The Balaban J connectivity index is 1.78. The Morgan fingerprint density at radius 1 is 1.35 bits per heavy atom. The topological polar surface area (TPSA) is 67.2 Å². The van der Waals surface area contributed by atoms with Gasteiger partial charge in [0.25, 0.3) is 0 Å². The zero-order chi connectivity index (χ0) is 16.8. The van der Waals surface area contributed by atoms with E-state index in [1.54, 1.807) is 6.20 Å². The lowest BCUT2D eigenvalue weighted by atomic mass is 10.1. The third-order valence-corrected chi connectivity index (χ3v) is 3.59. The number of aliphatic hydroxyl groups excluding tert-OH is 1. The van der Waals surface area contributed by atoms with E-state index in [9.17, 15) is 14.3 Å². The standard InChI is InChI=1S/C17H22FN3O2/c1-12(2)17-19-8-10-21(17)9-7-16(23)20-11-15(22)13-3-5-14(18)6-4-13/h3-6,8,10,12,15,22H,7,9,11H2,1-2H3,(H,20,23). The molecule has 1 unspecified atom stereocenters. The van der Waals surface area contributed by atoms with Crippen LogP contribution >= 0.6 is 0 Å². The number of carbonyl (C=O) groups is 1. The highest BCUT2D eigenvalue weighted by Crippen LogP contribution is 2.13. The number of hydrogen-bond donors (Lipinski definition) is 2. The van der Waals surface area contributed by atoms with Gasteiger partial charge < -0.3 is 15.0 Å². The summed E-state index contributed by atoms with van der Waals surface area (Å²) in [6, 6.07) is 5.58. The van der Waals surface area contributed by atoms with Crippen molar-refractivity contribution in [3.8, 4) is 0 Å². The van der Waals surface area contributed by atoms with Crippen LogP contribution in [0.25, 0.3) is 0 Å². The first-order chi connectivity index (χ1) is 11.0. The third kappa shape index (κ3) is 4.89. The fraction of sp³-hybridized carbons (Fsp3) is 0.412. The van der Waals surface area contributed by atoms with E-state index in [0.717, 1.165) is 5.82 Å². The zero-order valence-electron chi connectivity index (χ0n) is 13.4. The number of aliphatic hydroxyl groups is 1. The molecule has 1 amide bonds. The molecule has 124 valence electrons. The normalized spacial score (nSPS) is 12.4. The molecule has 0 aliphatic heterocycles. The third-order valence-electron chi connectivity index (χ3n) is 3.59. The minimum atomic E-state index is -0.848. The maximum atomic E-state index is 12.8. The van der Waals surface area contributed by atoms with Gasteiger partial charge in [-0.2, -0.15) is 0 Å². The number of benzene rings is 1. The second-order valence-corrected chi connectivity index (χ2v) is 5.75. The maximum Gasteiger partial charge on any atom is 0.221 e. The molecule has 0 fully saturated rings. The molecule has 1 aromatic heterocycles. The number of rotatable bonds is 7. The van der Waals surface area contributed by atoms with E-state index in [1.165, 1.54) is 24.3 Å². The average Bonchev–Trinajstić information content (AvgIpc) is 3.00. The van der Waals surface area contributed by atoms with E-state index in [-0.39, 0.29) is 18.3 Å². The lowest BCUT2D eigenvalue weighted by Gasteiger charge is -2.13. The second-order valence-electron chi connectivity index (χ2n) is 5.75. The van der Waals surface area contributed by atoms with Crippen LogP contribution in [0.3, 0.4) is 0 Å². The smallest absolute Gasteiger partial charge is 0.221 e. The average molecular weight is 319 g/mol. The maximum absolute atomic E-state index is 12.8. The summed E-state index contributed by atoms with van der Waals surface area (Å²) < 4.78 is 14.8. The van der Waals surface area contributed by atoms with Gasteiger partial charge in [0.2, 0.25) is 5.91 Å². The molecule has 23 heavy (non-hydrogen) atoms. The van der Waals surface area contributed by atoms with Crippen molar-refractivity contribution in [1.29, 1.82) is 0 Å². The highest BCUT2D eigenvalue weighted by atomic mass is 19.1. The van der Waals surface area contributed by atoms with Gasteiger partial charge in [-0.1, -0.05) is 26.0 Å². The van der Waals surface area contributed by atoms with E-state index >= 15 is 0 Å². The van der Waals surface area contributed by atoms with Gasteiger partial charge in [-0.15, -0.1) is 0 Å². The van der Waals surface area contributed by atoms with Crippen LogP contribution in [-0.4, -0.2) is 27.1 Å². The number of amides is 1. The lowest BCUT2D eigenvalue weighted by molar-refractivity contribution is -0.121. The van der Waals surface area contributed by atoms with Crippen LogP contribution in [0.2, 0.25) is 0 Å². The number of aryl methyl sites for hydroxylation is 1. The summed E-state index contributed by atoms with van der Waals surface area (Å²) >= 11 is 0. The SMILES string of the molecule is CC(C)c1nccn1CCC(=O)NCC(O)c1ccc(F)cc1. The molecule has 2 rings (SSSR count). The molecule has 0 aliphatic carbocycles. The Kier molecular flexibility index (Phi) is 5.87. The minimum absolute atomic E-state index is 0.103. The summed E-state index contributed by atoms with van der Waals surface area (Å²) in [5.74, 6) is 0.748. The molecule has 2 aromatic rings. The van der Waals surface area contributed by atoms with Crippen LogP contribution in [0.15, 0.2) is 36.7 Å². The van der Waals surface area contributed by atoms with Crippen molar-refractivity contribution < 1.29 is 14.3 Å². The van der Waals surface area contributed by atoms with E-state index in [2.05, 4.69) is 24.1 Å². The first-order valence-corrected chi connectivity index (χ1v) is 7.68. The highest BCUT2D eigenvalue weighted by molar-refractivity contribution is 5.75. The Hall–Kier alpha value is -2.21. The fourth-order valence-corrected chi connectivity index (χ4v) is 2.33. The summed E-state index contributed by atoms with van der Waals surface area (Å²) in [4.78, 5) is 16.2. The van der Waals surface area contributed by atoms with Crippen molar-refractivity contribution in [2.75, 3.05) is 6.54 Å². The summed E-state index contributed by atoms with van der Waals surface area (Å²) in [5.41, 5.74) is 0.573. The summed E-state index contributed by atoms with van der Waals surface area (Å²) in [5, 5.41) is 12.7. The summed E-state index contributed by atoms with van der Waals surface area (Å²) in [6.45, 7) is 4.76. The summed E-state index contributed by atoms with van der Waals surface area (Å²) in [6.07, 6.45) is 3.05. The fourth-order valence-electron chi connectivity index (χ4n) is 2.33. The molecule has 1 heterocycles. The van der Waals surface area contributed by atoms with Crippen molar-refractivity contribution in [1.82, 2.24) is 14.9 Å². The van der Waals surface area contributed by atoms with Gasteiger partial charge in [0.1, 0.15) is 11.6 Å². The first kappa shape index (κ1) is 17.1. The molecular formula is C17H22FN3O2. The Bertz CT molecular complexity index is 638. The predicted molar refractivity (Wildman–Crippen MR) is 85.3 cm³/mol. The van der Waals surface area contributed by atoms with Crippen molar-refractivity contribution in [3.63, 3.8) is 0 Å². The van der Waals surface area contributed by atoms with Gasteiger partial charge in [0.15, 0.2) is 0 Å². The van der Waals surface area contributed by atoms with Gasteiger partial charge in [0.05, 0.1) is 6.10 Å². The highest BCUT2D eigenvalue weighted by Gasteiger charge is 2.11. The molecular weight excluding hydrogens is 297 g/mol. The van der Waals surface area contributed by atoms with Crippen molar-refractivity contribution >= 4 is 5.91 Å². The van der Waals surface area contributed by atoms with E-state index in [4.69, 9.17) is 0 Å². The second kappa shape index (κ2) is 7.87. The number of hydrogen-bond acceptors (Lipinski definition) is 3. The summed E-state index contributed by atoms with van der Waals surface area (Å²) in [7, 11) is 0. The van der Waals surface area contributed by atoms with Crippen molar-refractivity contribution in [3.05, 3.63) is 53.9 Å². The first-order valence-electron chi connectivity index (χ1n) is 7.68. The largest absolute Gasteiger partial charge is 0.387 e. The van der Waals surface area contributed by atoms with E-state index in [0.29, 0.717) is 24.4 Å². The Morgan fingerprint density at radius 2 is 2.04 bits per heavy atom. The molecule has 2 N–H and O–H groups in total. The van der Waals surface area contributed by atoms with Crippen molar-refractivity contribution in [2.45, 2.75) is 38.8 Å². The Labute approximate surface area is 135 Å². The quantitative estimate of drug-likeness (QED) is 0.823. The van der Waals surface area contributed by atoms with Crippen LogP contribution in [0.4, 0.5) is 4.39 Å². The van der Waals surface area contributed by atoms with Crippen LogP contribution in [0.5, 0.6) is 0 Å². The van der Waals surface area contributed by atoms with Gasteiger partial charge >= 0.3 is 0 Å². The molecule has 0 spiro atoms. The number of carbonyl (C=O) groups excluding carboxylic acids is 1. The monoisotopic (exact) mass is 319 g/mol. The number of aromatic nitrogens is 2. The van der Waals surface area contributed by atoms with Gasteiger partial charge in [-0.25, -0.2) is 9.37 Å². The molecule has 0 radical (unpaired) electrons.